The minimum absolute atomic E-state index is 0.902. The smallest absolute Gasteiger partial charge is 0.0111 e. The first-order valence-corrected chi connectivity index (χ1v) is 10.6. The number of rotatable bonds is 0. The van der Waals surface area contributed by atoms with E-state index in [-0.39, 0.29) is 0 Å². The molecule has 0 saturated heterocycles. The van der Waals surface area contributed by atoms with Crippen LogP contribution in [0.4, 0.5) is 0 Å². The van der Waals surface area contributed by atoms with Crippen LogP contribution in [-0.2, 0) is 38.5 Å². The third-order valence-corrected chi connectivity index (χ3v) is 7.63. The molecular formula is C24H28. The van der Waals surface area contributed by atoms with E-state index in [1.165, 1.54) is 83.5 Å². The third-order valence-electron chi connectivity index (χ3n) is 7.63. The van der Waals surface area contributed by atoms with E-state index in [4.69, 9.17) is 0 Å². The summed E-state index contributed by atoms with van der Waals surface area (Å²) in [6.45, 7) is 0. The molecular weight excluding hydrogens is 288 g/mol. The Kier molecular flexibility index (Phi) is 2.96. The second kappa shape index (κ2) is 5.10. The molecule has 0 spiro atoms. The molecule has 0 aliphatic heterocycles. The maximum absolute atomic E-state index is 2.68. The molecule has 2 aromatic rings. The second-order valence-corrected chi connectivity index (χ2v) is 8.81. The average molecular weight is 316 g/mol. The van der Waals surface area contributed by atoms with Crippen LogP contribution in [0.5, 0.6) is 0 Å². The summed E-state index contributed by atoms with van der Waals surface area (Å²) in [5.74, 6) is 0.902. The van der Waals surface area contributed by atoms with Crippen molar-refractivity contribution in [2.75, 3.05) is 0 Å². The molecule has 6 rings (SSSR count). The summed E-state index contributed by atoms with van der Waals surface area (Å²) >= 11 is 0. The minimum atomic E-state index is 0.902. The van der Waals surface area contributed by atoms with Crippen molar-refractivity contribution in [3.63, 3.8) is 0 Å². The largest absolute Gasteiger partial charge is 0.0506 e. The number of aryl methyl sites for hydroxylation is 4. The summed E-state index contributed by atoms with van der Waals surface area (Å²) in [5.41, 5.74) is 12.6. The number of hydrogen-bond donors (Lipinski definition) is 0. The molecule has 0 heterocycles. The molecule has 2 aromatic carbocycles. The molecule has 0 bridgehead atoms. The highest BCUT2D eigenvalue weighted by Gasteiger charge is 2.33. The highest BCUT2D eigenvalue weighted by molar-refractivity contribution is 5.96. The van der Waals surface area contributed by atoms with E-state index in [0.29, 0.717) is 0 Å². The molecule has 0 N–H and O–H groups in total. The Bertz CT molecular complexity index is 853. The topological polar surface area (TPSA) is 0 Å². The van der Waals surface area contributed by atoms with Gasteiger partial charge in [-0.05, 0) is 139 Å². The van der Waals surface area contributed by atoms with Crippen molar-refractivity contribution in [1.82, 2.24) is 0 Å². The van der Waals surface area contributed by atoms with Crippen molar-refractivity contribution in [2.24, 2.45) is 0 Å². The standard InChI is InChI=1S/C24H28/c1-2-9-17-16(6-1)14-22-21-11-4-8-15-7-3-10-19(23(15)21)20-13-5-12-18(17)24(20)22/h14-15H,1-13H2. The molecule has 4 aliphatic carbocycles. The summed E-state index contributed by atoms with van der Waals surface area (Å²) in [6, 6.07) is 2.68. The Morgan fingerprint density at radius 3 is 2.12 bits per heavy atom. The van der Waals surface area contributed by atoms with E-state index in [0.717, 1.165) is 5.92 Å². The summed E-state index contributed by atoms with van der Waals surface area (Å²) in [4.78, 5) is 0. The van der Waals surface area contributed by atoms with Crippen LogP contribution in [0.2, 0.25) is 0 Å². The Morgan fingerprint density at radius 2 is 1.25 bits per heavy atom. The van der Waals surface area contributed by atoms with Crippen LogP contribution in [0.25, 0.3) is 10.8 Å². The van der Waals surface area contributed by atoms with Gasteiger partial charge in [0.2, 0.25) is 0 Å². The molecule has 0 heteroatoms. The zero-order valence-electron chi connectivity index (χ0n) is 14.8. The van der Waals surface area contributed by atoms with Crippen LogP contribution >= 0.6 is 0 Å². The van der Waals surface area contributed by atoms with E-state index in [9.17, 15) is 0 Å². The van der Waals surface area contributed by atoms with Crippen LogP contribution in [0.3, 0.4) is 0 Å². The van der Waals surface area contributed by atoms with Crippen LogP contribution in [-0.4, -0.2) is 0 Å². The number of benzene rings is 2. The normalized spacial score (nSPS) is 24.6. The van der Waals surface area contributed by atoms with Crippen molar-refractivity contribution in [1.29, 1.82) is 0 Å². The van der Waals surface area contributed by atoms with Crippen molar-refractivity contribution in [3.05, 3.63) is 45.0 Å². The van der Waals surface area contributed by atoms with Crippen LogP contribution < -0.4 is 0 Å². The van der Waals surface area contributed by atoms with Gasteiger partial charge in [-0.2, -0.15) is 0 Å². The van der Waals surface area contributed by atoms with Crippen molar-refractivity contribution in [2.45, 2.75) is 89.4 Å². The van der Waals surface area contributed by atoms with Gasteiger partial charge in [0.25, 0.3) is 0 Å². The van der Waals surface area contributed by atoms with Gasteiger partial charge in [0, 0.05) is 0 Å². The molecule has 0 amide bonds. The Hall–Kier alpha value is -1.30. The lowest BCUT2D eigenvalue weighted by Gasteiger charge is -2.37. The molecule has 124 valence electrons. The molecule has 4 aliphatic rings. The van der Waals surface area contributed by atoms with Gasteiger partial charge in [0.1, 0.15) is 0 Å². The lowest BCUT2D eigenvalue weighted by atomic mass is 9.67. The lowest BCUT2D eigenvalue weighted by molar-refractivity contribution is 0.476. The molecule has 0 fully saturated rings. The van der Waals surface area contributed by atoms with Crippen molar-refractivity contribution < 1.29 is 0 Å². The summed E-state index contributed by atoms with van der Waals surface area (Å²) in [6.07, 6.45) is 18.2. The molecule has 24 heavy (non-hydrogen) atoms. The van der Waals surface area contributed by atoms with Gasteiger partial charge in [-0.25, -0.2) is 0 Å². The van der Waals surface area contributed by atoms with Crippen molar-refractivity contribution >= 4 is 10.8 Å². The Labute approximate surface area is 145 Å². The quantitative estimate of drug-likeness (QED) is 0.562. The molecule has 0 aromatic heterocycles. The van der Waals surface area contributed by atoms with Gasteiger partial charge >= 0.3 is 0 Å². The van der Waals surface area contributed by atoms with Gasteiger partial charge in [-0.1, -0.05) is 6.07 Å². The predicted octanol–water partition coefficient (Wildman–Crippen LogP) is 5.96. The van der Waals surface area contributed by atoms with E-state index in [1.807, 2.05) is 16.7 Å². The number of fused-ring (bicyclic) bond motifs is 4. The summed E-state index contributed by atoms with van der Waals surface area (Å²) in [5, 5.41) is 3.48. The summed E-state index contributed by atoms with van der Waals surface area (Å²) < 4.78 is 0. The van der Waals surface area contributed by atoms with E-state index in [2.05, 4.69) is 6.07 Å². The minimum Gasteiger partial charge on any atom is -0.0506 e. The molecule has 0 nitrogen and oxygen atoms in total. The SMILES string of the molecule is c1c2c(c3c4c(c5c6c(c14)CCCC6CCC5)CCC3)CCCC2. The molecule has 1 unspecified atom stereocenters. The monoisotopic (exact) mass is 316 g/mol. The summed E-state index contributed by atoms with van der Waals surface area (Å²) in [7, 11) is 0. The van der Waals surface area contributed by atoms with Crippen LogP contribution in [0, 0.1) is 0 Å². The highest BCUT2D eigenvalue weighted by atomic mass is 14.4. The van der Waals surface area contributed by atoms with Gasteiger partial charge < -0.3 is 0 Å². The van der Waals surface area contributed by atoms with Crippen LogP contribution in [0.15, 0.2) is 6.07 Å². The zero-order chi connectivity index (χ0) is 15.7. The van der Waals surface area contributed by atoms with Gasteiger partial charge in [0.05, 0.1) is 0 Å². The molecule has 0 saturated carbocycles. The van der Waals surface area contributed by atoms with Crippen LogP contribution in [0.1, 0.15) is 89.8 Å². The zero-order valence-corrected chi connectivity index (χ0v) is 14.8. The predicted molar refractivity (Wildman–Crippen MR) is 101 cm³/mol. The van der Waals surface area contributed by atoms with Crippen molar-refractivity contribution in [3.8, 4) is 0 Å². The maximum atomic E-state index is 2.68. The Morgan fingerprint density at radius 1 is 0.583 bits per heavy atom. The highest BCUT2D eigenvalue weighted by Crippen LogP contribution is 2.49. The van der Waals surface area contributed by atoms with E-state index in [1.54, 1.807) is 33.0 Å². The first-order valence-electron chi connectivity index (χ1n) is 10.6. The third kappa shape index (κ3) is 1.75. The van der Waals surface area contributed by atoms with Gasteiger partial charge in [-0.15, -0.1) is 0 Å². The second-order valence-electron chi connectivity index (χ2n) is 8.81. The molecule has 1 atom stereocenters. The fourth-order valence-corrected chi connectivity index (χ4v) is 6.74. The number of hydrogen-bond acceptors (Lipinski definition) is 0. The average Bonchev–Trinajstić information content (AvgIpc) is 2.65. The first-order chi connectivity index (χ1) is 11.9. The van der Waals surface area contributed by atoms with E-state index >= 15 is 0 Å². The fraction of sp³-hybridized carbons (Fsp3) is 0.583. The first kappa shape index (κ1) is 13.9. The fourth-order valence-electron chi connectivity index (χ4n) is 6.74. The van der Waals surface area contributed by atoms with E-state index < -0.39 is 0 Å². The van der Waals surface area contributed by atoms with Gasteiger partial charge in [0.15, 0.2) is 0 Å². The Balaban J connectivity index is 1.78. The lowest BCUT2D eigenvalue weighted by Crippen LogP contribution is -2.22. The molecule has 0 radical (unpaired) electrons. The maximum Gasteiger partial charge on any atom is -0.0111 e. The van der Waals surface area contributed by atoms with Gasteiger partial charge in [-0.3, -0.25) is 0 Å².